The van der Waals surface area contributed by atoms with Crippen LogP contribution < -0.4 is 15.4 Å². The van der Waals surface area contributed by atoms with Gasteiger partial charge in [0.15, 0.2) is 11.6 Å². The number of hydrogen-bond donors (Lipinski definition) is 2. The molecule has 1 aromatic carbocycles. The Hall–Kier alpha value is -2.83. The van der Waals surface area contributed by atoms with Crippen LogP contribution >= 0.6 is 0 Å². The van der Waals surface area contributed by atoms with Crippen molar-refractivity contribution >= 4 is 12.1 Å². The second-order valence-electron chi connectivity index (χ2n) is 8.39. The second-order valence-corrected chi connectivity index (χ2v) is 8.39. The van der Waals surface area contributed by atoms with Crippen molar-refractivity contribution in [1.29, 1.82) is 0 Å². The number of piperidine rings is 1. The van der Waals surface area contributed by atoms with Crippen molar-refractivity contribution < 1.29 is 41.0 Å². The number of urea groups is 2. The first-order valence-corrected chi connectivity index (χ1v) is 10.8. The van der Waals surface area contributed by atoms with Crippen LogP contribution in [0.5, 0.6) is 5.75 Å². The number of alkyl halides is 3. The maximum absolute atomic E-state index is 14.3. The SMILES string of the molecule is CNC(=O)N1CC(COC)CC(N(C(=O)NCc2cc(F)c(OC(F)(F)F)cc2F)C2CC2)C1. The van der Waals surface area contributed by atoms with Crippen LogP contribution in [0.25, 0.3) is 0 Å². The summed E-state index contributed by atoms with van der Waals surface area (Å²) in [5, 5.41) is 5.10. The van der Waals surface area contributed by atoms with Gasteiger partial charge in [0.05, 0.1) is 12.6 Å². The molecular formula is C21H27F5N4O4. The van der Waals surface area contributed by atoms with Crippen molar-refractivity contribution in [2.45, 2.75) is 44.3 Å². The highest BCUT2D eigenvalue weighted by Crippen LogP contribution is 2.33. The monoisotopic (exact) mass is 494 g/mol. The topological polar surface area (TPSA) is 83.1 Å². The highest BCUT2D eigenvalue weighted by Gasteiger charge is 2.42. The van der Waals surface area contributed by atoms with Gasteiger partial charge in [-0.25, -0.2) is 18.4 Å². The standard InChI is InChI=1S/C21H27F5N4O4/c1-27-19(31)29-9-12(11-33-2)5-15(10-29)30(14-3-4-14)20(32)28-8-13-6-17(23)18(7-16(13)22)34-21(24,25)26/h6-7,12,14-15H,3-5,8-11H2,1-2H3,(H,27,31)(H,28,32). The number of halogens is 5. The molecule has 1 aromatic rings. The zero-order chi connectivity index (χ0) is 25.0. The van der Waals surface area contributed by atoms with Gasteiger partial charge in [0.1, 0.15) is 5.82 Å². The molecule has 190 valence electrons. The molecule has 2 N–H and O–H groups in total. The predicted molar refractivity (Wildman–Crippen MR) is 110 cm³/mol. The van der Waals surface area contributed by atoms with E-state index in [1.165, 1.54) is 7.05 Å². The molecule has 1 saturated heterocycles. The van der Waals surface area contributed by atoms with Gasteiger partial charge in [-0.2, -0.15) is 0 Å². The molecular weight excluding hydrogens is 467 g/mol. The van der Waals surface area contributed by atoms with Crippen molar-refractivity contribution in [2.24, 2.45) is 5.92 Å². The van der Waals surface area contributed by atoms with Crippen LogP contribution in [0.4, 0.5) is 31.5 Å². The van der Waals surface area contributed by atoms with Crippen molar-refractivity contribution in [1.82, 2.24) is 20.4 Å². The smallest absolute Gasteiger partial charge is 0.403 e. The van der Waals surface area contributed by atoms with Gasteiger partial charge in [-0.3, -0.25) is 0 Å². The first-order chi connectivity index (χ1) is 16.0. The molecule has 2 fully saturated rings. The molecule has 8 nitrogen and oxygen atoms in total. The average molecular weight is 494 g/mol. The highest BCUT2D eigenvalue weighted by molar-refractivity contribution is 5.76. The quantitative estimate of drug-likeness (QED) is 0.571. The second kappa shape index (κ2) is 10.6. The summed E-state index contributed by atoms with van der Waals surface area (Å²) in [4.78, 5) is 28.5. The summed E-state index contributed by atoms with van der Waals surface area (Å²) in [5.41, 5.74) is -0.330. The Kier molecular flexibility index (Phi) is 8.05. The van der Waals surface area contributed by atoms with Crippen LogP contribution in [-0.4, -0.2) is 74.2 Å². The van der Waals surface area contributed by atoms with Crippen molar-refractivity contribution in [2.75, 3.05) is 33.9 Å². The van der Waals surface area contributed by atoms with Gasteiger partial charge >= 0.3 is 18.4 Å². The van der Waals surface area contributed by atoms with Crippen molar-refractivity contribution in [3.63, 3.8) is 0 Å². The molecule has 0 radical (unpaired) electrons. The van der Waals surface area contributed by atoms with E-state index in [0.717, 1.165) is 12.8 Å². The molecule has 2 aliphatic rings. The van der Waals surface area contributed by atoms with Gasteiger partial charge in [-0.1, -0.05) is 0 Å². The molecule has 4 amide bonds. The fraction of sp³-hybridized carbons (Fsp3) is 0.619. The summed E-state index contributed by atoms with van der Waals surface area (Å²) < 4.78 is 73.9. The van der Waals surface area contributed by atoms with E-state index < -0.39 is 36.3 Å². The first-order valence-electron chi connectivity index (χ1n) is 10.8. The number of nitrogens with one attached hydrogen (secondary N) is 2. The van der Waals surface area contributed by atoms with E-state index in [9.17, 15) is 31.5 Å². The molecule has 2 atom stereocenters. The van der Waals surface area contributed by atoms with Crippen molar-refractivity contribution in [3.05, 3.63) is 29.3 Å². The minimum atomic E-state index is -5.17. The predicted octanol–water partition coefficient (Wildman–Crippen LogP) is 3.21. The third kappa shape index (κ3) is 6.61. The first kappa shape index (κ1) is 25.8. The Bertz CT molecular complexity index is 897. The average Bonchev–Trinajstić information content (AvgIpc) is 3.58. The Balaban J connectivity index is 1.71. The number of rotatable bonds is 7. The molecule has 13 heteroatoms. The molecule has 3 rings (SSSR count). The van der Waals surface area contributed by atoms with Crippen LogP contribution in [-0.2, 0) is 11.3 Å². The summed E-state index contributed by atoms with van der Waals surface area (Å²) in [7, 11) is 3.07. The maximum Gasteiger partial charge on any atom is 0.573 e. The van der Waals surface area contributed by atoms with Crippen LogP contribution in [0.3, 0.4) is 0 Å². The third-order valence-corrected chi connectivity index (χ3v) is 5.74. The van der Waals surface area contributed by atoms with Gasteiger partial charge in [-0.05, 0) is 25.3 Å². The van der Waals surface area contributed by atoms with Gasteiger partial charge in [0.25, 0.3) is 0 Å². The fourth-order valence-electron chi connectivity index (χ4n) is 4.21. The molecule has 0 aromatic heterocycles. The number of nitrogens with zero attached hydrogens (tertiary/aromatic N) is 2. The summed E-state index contributed by atoms with van der Waals surface area (Å²) in [6, 6.07) is -0.329. The zero-order valence-electron chi connectivity index (χ0n) is 18.8. The highest BCUT2D eigenvalue weighted by atomic mass is 19.4. The van der Waals surface area contributed by atoms with E-state index in [-0.39, 0.29) is 29.6 Å². The third-order valence-electron chi connectivity index (χ3n) is 5.74. The van der Waals surface area contributed by atoms with Gasteiger partial charge < -0.3 is 29.9 Å². The summed E-state index contributed by atoms with van der Waals surface area (Å²) >= 11 is 0. The lowest BCUT2D eigenvalue weighted by Crippen LogP contribution is -2.58. The number of amides is 4. The molecule has 0 spiro atoms. The van der Waals surface area contributed by atoms with Crippen molar-refractivity contribution in [3.8, 4) is 5.75 Å². The molecule has 0 bridgehead atoms. The summed E-state index contributed by atoms with van der Waals surface area (Å²) in [6.45, 7) is 0.739. The number of likely N-dealkylation sites (tertiary alicyclic amines) is 1. The molecule has 2 unspecified atom stereocenters. The molecule has 1 saturated carbocycles. The van der Waals surface area contributed by atoms with Crippen LogP contribution in [0.15, 0.2) is 12.1 Å². The van der Waals surface area contributed by atoms with E-state index in [1.54, 1.807) is 16.9 Å². The van der Waals surface area contributed by atoms with E-state index in [4.69, 9.17) is 4.74 Å². The number of methoxy groups -OCH3 is 1. The largest absolute Gasteiger partial charge is 0.573 e. The maximum atomic E-state index is 14.3. The number of carbonyl (C=O) groups excluding carboxylic acids is 2. The number of ether oxygens (including phenoxy) is 2. The number of hydrogen-bond acceptors (Lipinski definition) is 4. The number of carbonyl (C=O) groups is 2. The fourth-order valence-corrected chi connectivity index (χ4v) is 4.21. The van der Waals surface area contributed by atoms with Gasteiger partial charge in [0.2, 0.25) is 0 Å². The van der Waals surface area contributed by atoms with Gasteiger partial charge in [-0.15, -0.1) is 13.2 Å². The summed E-state index contributed by atoms with van der Waals surface area (Å²) in [5.74, 6) is -3.84. The molecule has 1 heterocycles. The van der Waals surface area contributed by atoms with E-state index in [0.29, 0.717) is 38.2 Å². The lowest BCUT2D eigenvalue weighted by Gasteiger charge is -2.42. The minimum absolute atomic E-state index is 0.00261. The van der Waals surface area contributed by atoms with Gasteiger partial charge in [0, 0.05) is 57.4 Å². The Morgan fingerprint density at radius 2 is 1.85 bits per heavy atom. The van der Waals surface area contributed by atoms with E-state index >= 15 is 0 Å². The van der Waals surface area contributed by atoms with E-state index in [1.807, 2.05) is 0 Å². The number of benzene rings is 1. The zero-order valence-corrected chi connectivity index (χ0v) is 18.8. The Labute approximate surface area is 193 Å². The Morgan fingerprint density at radius 3 is 2.44 bits per heavy atom. The molecule has 1 aliphatic heterocycles. The van der Waals surface area contributed by atoms with Crippen LogP contribution in [0.2, 0.25) is 0 Å². The lowest BCUT2D eigenvalue weighted by atomic mass is 9.94. The Morgan fingerprint density at radius 1 is 1.15 bits per heavy atom. The van der Waals surface area contributed by atoms with E-state index in [2.05, 4.69) is 15.4 Å². The molecule has 34 heavy (non-hydrogen) atoms. The minimum Gasteiger partial charge on any atom is -0.403 e. The summed E-state index contributed by atoms with van der Waals surface area (Å²) in [6.07, 6.45) is -3.04. The lowest BCUT2D eigenvalue weighted by molar-refractivity contribution is -0.275. The molecule has 1 aliphatic carbocycles. The van der Waals surface area contributed by atoms with Crippen LogP contribution in [0.1, 0.15) is 24.8 Å². The van der Waals surface area contributed by atoms with Crippen LogP contribution in [0, 0.1) is 17.6 Å². The normalized spacial score (nSPS) is 20.6.